The largest absolute Gasteiger partial charge is 0.487 e. The van der Waals surface area contributed by atoms with Gasteiger partial charge in [0, 0.05) is 74.0 Å². The molecule has 0 unspecified atom stereocenters. The Morgan fingerprint density at radius 1 is 0.860 bits per heavy atom. The van der Waals surface area contributed by atoms with Gasteiger partial charge in [0.05, 0.1) is 11.4 Å². The third kappa shape index (κ3) is 6.49. The number of allylic oxidation sites excluding steroid dienone is 4. The van der Waals surface area contributed by atoms with Crippen molar-refractivity contribution in [3.05, 3.63) is 84.1 Å². The minimum absolute atomic E-state index is 0.0571. The van der Waals surface area contributed by atoms with Gasteiger partial charge in [0.1, 0.15) is 12.4 Å². The summed E-state index contributed by atoms with van der Waals surface area (Å²) in [7, 11) is 0. The fourth-order valence-corrected chi connectivity index (χ4v) is 7.60. The second-order valence-electron chi connectivity index (χ2n) is 13.2. The Balaban J connectivity index is 1.73. The summed E-state index contributed by atoms with van der Waals surface area (Å²) in [6.07, 6.45) is 1.51. The Hall–Kier alpha value is -2.51. The van der Waals surface area contributed by atoms with E-state index in [1.807, 2.05) is 32.6 Å². The summed E-state index contributed by atoms with van der Waals surface area (Å²) in [5.41, 5.74) is 2.93. The van der Waals surface area contributed by atoms with Gasteiger partial charge in [-0.15, -0.1) is 0 Å². The predicted molar refractivity (Wildman–Crippen MR) is 169 cm³/mol. The van der Waals surface area contributed by atoms with Crippen LogP contribution in [0.5, 0.6) is 5.75 Å². The quantitative estimate of drug-likeness (QED) is 0.318. The summed E-state index contributed by atoms with van der Waals surface area (Å²) < 4.78 is 6.32. The lowest BCUT2D eigenvalue weighted by Crippen LogP contribution is -2.45. The molecule has 0 bridgehead atoms. The number of carbonyl (C=O) groups is 3. The van der Waals surface area contributed by atoms with E-state index in [4.69, 9.17) is 51.1 Å². The zero-order valence-corrected chi connectivity index (χ0v) is 27.5. The van der Waals surface area contributed by atoms with Crippen molar-refractivity contribution in [2.45, 2.75) is 72.3 Å². The summed E-state index contributed by atoms with van der Waals surface area (Å²) in [4.78, 5) is 41.8. The minimum Gasteiger partial charge on any atom is -0.487 e. The SMILES string of the molecule is CC1(C)CC(=O)C2=C(C1)N(CCC(=O)O)C1=C(C(=O)CC(C)(C)C1)C2c1cc(Cl)cc(Cl)c1OCc1ccc(Cl)cc1Cl. The standard InChI is InChI=1S/C33H33Cl4NO5/c1-32(2)12-23-29(25(39)14-32)28(30-24(38(23)8-7-27(41)42)13-33(3,4)15-26(30)40)20-9-19(35)11-22(37)31(20)43-16-17-5-6-18(34)10-21(17)36/h5-6,9-11,28H,7-8,12-16H2,1-4H3,(H,41,42). The maximum atomic E-state index is 14.1. The zero-order chi connectivity index (χ0) is 31.4. The molecule has 0 saturated heterocycles. The van der Waals surface area contributed by atoms with Crippen LogP contribution in [-0.4, -0.2) is 34.1 Å². The van der Waals surface area contributed by atoms with Crippen molar-refractivity contribution in [1.29, 1.82) is 0 Å². The summed E-state index contributed by atoms with van der Waals surface area (Å²) >= 11 is 25.8. The summed E-state index contributed by atoms with van der Waals surface area (Å²) in [6, 6.07) is 8.37. The Morgan fingerprint density at radius 2 is 1.42 bits per heavy atom. The van der Waals surface area contributed by atoms with Crippen molar-refractivity contribution in [1.82, 2.24) is 4.90 Å². The van der Waals surface area contributed by atoms with Crippen molar-refractivity contribution < 1.29 is 24.2 Å². The van der Waals surface area contributed by atoms with E-state index >= 15 is 0 Å². The number of benzene rings is 2. The molecule has 1 heterocycles. The molecule has 228 valence electrons. The van der Waals surface area contributed by atoms with Crippen molar-refractivity contribution in [3.8, 4) is 5.75 Å². The minimum atomic E-state index is -0.951. The molecule has 10 heteroatoms. The number of carbonyl (C=O) groups excluding carboxylic acids is 2. The lowest BCUT2D eigenvalue weighted by atomic mass is 9.63. The molecular formula is C33H33Cl4NO5. The summed E-state index contributed by atoms with van der Waals surface area (Å²) in [5, 5.41) is 11.1. The maximum absolute atomic E-state index is 14.1. The Kier molecular flexibility index (Phi) is 8.73. The van der Waals surface area contributed by atoms with Gasteiger partial charge in [-0.2, -0.15) is 0 Å². The number of aliphatic carboxylic acids is 1. The number of ether oxygens (including phenoxy) is 1. The average Bonchev–Trinajstić information content (AvgIpc) is 2.85. The van der Waals surface area contributed by atoms with Crippen LogP contribution in [0.1, 0.15) is 76.8 Å². The Labute approximate surface area is 271 Å². The van der Waals surface area contributed by atoms with Crippen LogP contribution in [0.2, 0.25) is 20.1 Å². The van der Waals surface area contributed by atoms with Gasteiger partial charge in [0.2, 0.25) is 0 Å². The first-order valence-electron chi connectivity index (χ1n) is 14.1. The van der Waals surface area contributed by atoms with Crippen molar-refractivity contribution in [2.75, 3.05) is 6.54 Å². The number of nitrogens with zero attached hydrogens (tertiary/aromatic N) is 1. The number of hydrogen-bond donors (Lipinski definition) is 1. The molecule has 6 nitrogen and oxygen atoms in total. The van der Waals surface area contributed by atoms with E-state index in [1.54, 1.807) is 30.3 Å². The van der Waals surface area contributed by atoms with Crippen LogP contribution in [0.25, 0.3) is 0 Å². The van der Waals surface area contributed by atoms with Gasteiger partial charge in [0.25, 0.3) is 0 Å². The van der Waals surface area contributed by atoms with Gasteiger partial charge in [-0.3, -0.25) is 14.4 Å². The highest BCUT2D eigenvalue weighted by atomic mass is 35.5. The highest BCUT2D eigenvalue weighted by molar-refractivity contribution is 6.36. The van der Waals surface area contributed by atoms with Gasteiger partial charge in [-0.05, 0) is 47.9 Å². The first-order valence-corrected chi connectivity index (χ1v) is 15.7. The van der Waals surface area contributed by atoms with Gasteiger partial charge in [0.15, 0.2) is 11.6 Å². The van der Waals surface area contributed by atoms with Crippen LogP contribution in [0.4, 0.5) is 0 Å². The number of ketones is 2. The molecule has 0 spiro atoms. The second-order valence-corrected chi connectivity index (χ2v) is 14.8. The van der Waals surface area contributed by atoms with Crippen LogP contribution in [-0.2, 0) is 21.0 Å². The lowest BCUT2D eigenvalue weighted by molar-refractivity contribution is -0.137. The van der Waals surface area contributed by atoms with Crippen molar-refractivity contribution in [3.63, 3.8) is 0 Å². The highest BCUT2D eigenvalue weighted by Gasteiger charge is 2.49. The molecule has 0 fully saturated rings. The fourth-order valence-electron chi connectivity index (χ4n) is 6.57. The predicted octanol–water partition coefficient (Wildman–Crippen LogP) is 9.04. The van der Waals surface area contributed by atoms with Crippen LogP contribution >= 0.6 is 46.4 Å². The summed E-state index contributed by atoms with van der Waals surface area (Å²) in [6.45, 7) is 8.32. The van der Waals surface area contributed by atoms with E-state index < -0.39 is 11.9 Å². The van der Waals surface area contributed by atoms with Crippen LogP contribution in [0, 0.1) is 10.8 Å². The van der Waals surface area contributed by atoms with Gasteiger partial charge in [-0.1, -0.05) is 80.2 Å². The molecule has 1 aliphatic heterocycles. The number of rotatable bonds is 7. The monoisotopic (exact) mass is 663 g/mol. The van der Waals surface area contributed by atoms with E-state index in [-0.39, 0.29) is 59.8 Å². The van der Waals surface area contributed by atoms with E-state index in [0.717, 1.165) is 11.4 Å². The molecule has 5 rings (SSSR count). The molecule has 0 amide bonds. The van der Waals surface area contributed by atoms with Gasteiger partial charge in [-0.25, -0.2) is 0 Å². The topological polar surface area (TPSA) is 83.9 Å². The smallest absolute Gasteiger partial charge is 0.305 e. The van der Waals surface area contributed by atoms with Crippen LogP contribution < -0.4 is 4.74 Å². The molecule has 1 N–H and O–H groups in total. The highest BCUT2D eigenvalue weighted by Crippen LogP contribution is 2.56. The third-order valence-electron chi connectivity index (χ3n) is 8.31. The van der Waals surface area contributed by atoms with E-state index in [1.165, 1.54) is 0 Å². The average molecular weight is 665 g/mol. The molecule has 0 saturated carbocycles. The van der Waals surface area contributed by atoms with Crippen LogP contribution in [0.15, 0.2) is 52.9 Å². The Bertz CT molecular complexity index is 1550. The van der Waals surface area contributed by atoms with Crippen molar-refractivity contribution in [2.24, 2.45) is 10.8 Å². The zero-order valence-electron chi connectivity index (χ0n) is 24.5. The first-order chi connectivity index (χ1) is 20.1. The summed E-state index contributed by atoms with van der Waals surface area (Å²) in [5.74, 6) is -1.61. The molecule has 0 atom stereocenters. The number of hydrogen-bond acceptors (Lipinski definition) is 5. The Morgan fingerprint density at radius 3 is 1.95 bits per heavy atom. The molecule has 0 radical (unpaired) electrons. The number of carboxylic acids is 1. The normalized spacial score (nSPS) is 19.9. The molecule has 2 aliphatic carbocycles. The van der Waals surface area contributed by atoms with Gasteiger partial charge >= 0.3 is 5.97 Å². The maximum Gasteiger partial charge on any atom is 0.305 e. The van der Waals surface area contributed by atoms with Crippen molar-refractivity contribution >= 4 is 63.9 Å². The van der Waals surface area contributed by atoms with Crippen LogP contribution in [0.3, 0.4) is 0 Å². The third-order valence-corrected chi connectivity index (χ3v) is 9.39. The van der Waals surface area contributed by atoms with E-state index in [0.29, 0.717) is 55.9 Å². The van der Waals surface area contributed by atoms with E-state index in [2.05, 4.69) is 0 Å². The number of halogens is 4. The molecule has 2 aromatic carbocycles. The molecule has 2 aromatic rings. The molecular weight excluding hydrogens is 632 g/mol. The van der Waals surface area contributed by atoms with Gasteiger partial charge < -0.3 is 14.7 Å². The molecule has 43 heavy (non-hydrogen) atoms. The number of carboxylic acid groups (broad SMARTS) is 1. The number of Topliss-reactive ketones (excluding diaryl/α,β-unsaturated/α-hetero) is 2. The second kappa shape index (κ2) is 11.8. The molecule has 3 aliphatic rings. The lowest BCUT2D eigenvalue weighted by Gasteiger charge is -2.49. The fraction of sp³-hybridized carbons (Fsp3) is 0.424. The van der Waals surface area contributed by atoms with E-state index in [9.17, 15) is 19.5 Å². The first kappa shape index (κ1) is 31.9. The molecule has 0 aromatic heterocycles.